The molecule has 21 heavy (non-hydrogen) atoms. The molecule has 0 radical (unpaired) electrons. The van der Waals surface area contributed by atoms with Gasteiger partial charge < -0.3 is 9.47 Å². The Kier molecular flexibility index (Phi) is 6.08. The lowest BCUT2D eigenvalue weighted by Gasteiger charge is -2.08. The van der Waals surface area contributed by atoms with Gasteiger partial charge in [-0.3, -0.25) is 0 Å². The van der Waals surface area contributed by atoms with E-state index in [1.54, 1.807) is 18.2 Å². The quantitative estimate of drug-likeness (QED) is 0.713. The molecule has 0 saturated heterocycles. The lowest BCUT2D eigenvalue weighted by molar-refractivity contribution is -0.145. The number of hydrogen-bond donors (Lipinski definition) is 0. The molecule has 2 aromatic carbocycles. The molecular formula is C16H14BrClO3. The predicted octanol–water partition coefficient (Wildman–Crippen LogP) is 4.27. The van der Waals surface area contributed by atoms with E-state index in [9.17, 15) is 4.79 Å². The van der Waals surface area contributed by atoms with E-state index in [0.29, 0.717) is 23.8 Å². The molecule has 0 spiro atoms. The van der Waals surface area contributed by atoms with Crippen molar-refractivity contribution in [3.63, 3.8) is 0 Å². The zero-order valence-electron chi connectivity index (χ0n) is 11.2. The highest BCUT2D eigenvalue weighted by atomic mass is 79.9. The molecule has 0 amide bonds. The Bertz CT molecular complexity index is 602. The van der Waals surface area contributed by atoms with E-state index in [4.69, 9.17) is 21.1 Å². The minimum atomic E-state index is -0.412. The Labute approximate surface area is 137 Å². The van der Waals surface area contributed by atoms with Crippen molar-refractivity contribution in [2.75, 3.05) is 13.2 Å². The van der Waals surface area contributed by atoms with Crippen LogP contribution in [0.25, 0.3) is 0 Å². The van der Waals surface area contributed by atoms with E-state index < -0.39 is 5.97 Å². The molecule has 0 aliphatic rings. The SMILES string of the molecule is O=C(COc1ccc(Br)cc1Cl)OCCc1ccccc1. The number of halogens is 2. The Balaban J connectivity index is 1.72. The number of ether oxygens (including phenoxy) is 2. The molecule has 0 aromatic heterocycles. The average molecular weight is 370 g/mol. The molecule has 110 valence electrons. The highest BCUT2D eigenvalue weighted by Gasteiger charge is 2.07. The third-order valence-electron chi connectivity index (χ3n) is 2.74. The van der Waals surface area contributed by atoms with Gasteiger partial charge in [0, 0.05) is 10.9 Å². The highest BCUT2D eigenvalue weighted by molar-refractivity contribution is 9.10. The first-order chi connectivity index (χ1) is 10.1. The fourth-order valence-electron chi connectivity index (χ4n) is 1.70. The van der Waals surface area contributed by atoms with Crippen molar-refractivity contribution in [1.82, 2.24) is 0 Å². The van der Waals surface area contributed by atoms with Crippen LogP contribution in [0.1, 0.15) is 5.56 Å². The van der Waals surface area contributed by atoms with Crippen molar-refractivity contribution < 1.29 is 14.3 Å². The van der Waals surface area contributed by atoms with Crippen molar-refractivity contribution in [1.29, 1.82) is 0 Å². The van der Waals surface area contributed by atoms with Crippen molar-refractivity contribution >= 4 is 33.5 Å². The van der Waals surface area contributed by atoms with Gasteiger partial charge in [0.15, 0.2) is 6.61 Å². The molecular weight excluding hydrogens is 356 g/mol. The summed E-state index contributed by atoms with van der Waals surface area (Å²) in [5.41, 5.74) is 1.13. The second kappa shape index (κ2) is 8.05. The van der Waals surface area contributed by atoms with Crippen LogP contribution in [-0.4, -0.2) is 19.2 Å². The summed E-state index contributed by atoms with van der Waals surface area (Å²) in [5.74, 6) is 0.0461. The average Bonchev–Trinajstić information content (AvgIpc) is 2.47. The molecule has 2 rings (SSSR count). The summed E-state index contributed by atoms with van der Waals surface area (Å²) < 4.78 is 11.3. The maximum absolute atomic E-state index is 11.6. The van der Waals surface area contributed by atoms with Crippen LogP contribution in [0.15, 0.2) is 53.0 Å². The van der Waals surface area contributed by atoms with Gasteiger partial charge in [-0.15, -0.1) is 0 Å². The van der Waals surface area contributed by atoms with E-state index in [2.05, 4.69) is 15.9 Å². The molecule has 0 saturated carbocycles. The Hall–Kier alpha value is -1.52. The first-order valence-electron chi connectivity index (χ1n) is 6.42. The molecule has 0 aliphatic carbocycles. The highest BCUT2D eigenvalue weighted by Crippen LogP contribution is 2.27. The van der Waals surface area contributed by atoms with E-state index in [1.807, 2.05) is 30.3 Å². The van der Waals surface area contributed by atoms with Crippen LogP contribution < -0.4 is 4.74 Å². The van der Waals surface area contributed by atoms with Crippen LogP contribution in [0.2, 0.25) is 5.02 Å². The van der Waals surface area contributed by atoms with Crippen molar-refractivity contribution in [3.05, 3.63) is 63.6 Å². The predicted molar refractivity (Wildman–Crippen MR) is 85.8 cm³/mol. The van der Waals surface area contributed by atoms with Gasteiger partial charge in [-0.2, -0.15) is 0 Å². The first-order valence-corrected chi connectivity index (χ1v) is 7.59. The van der Waals surface area contributed by atoms with Gasteiger partial charge in [0.2, 0.25) is 0 Å². The van der Waals surface area contributed by atoms with Gasteiger partial charge in [-0.1, -0.05) is 57.9 Å². The molecule has 5 heteroatoms. The first kappa shape index (κ1) is 15.9. The van der Waals surface area contributed by atoms with Gasteiger partial charge in [0.1, 0.15) is 5.75 Å². The van der Waals surface area contributed by atoms with Gasteiger partial charge in [-0.05, 0) is 23.8 Å². The van der Waals surface area contributed by atoms with Crippen molar-refractivity contribution in [3.8, 4) is 5.75 Å². The molecule has 0 atom stereocenters. The number of carbonyl (C=O) groups excluding carboxylic acids is 1. The third-order valence-corrected chi connectivity index (χ3v) is 3.52. The molecule has 0 fully saturated rings. The van der Waals surface area contributed by atoms with E-state index in [-0.39, 0.29) is 6.61 Å². The fraction of sp³-hybridized carbons (Fsp3) is 0.188. The number of esters is 1. The van der Waals surface area contributed by atoms with E-state index in [0.717, 1.165) is 10.0 Å². The molecule has 3 nitrogen and oxygen atoms in total. The van der Waals surface area contributed by atoms with Gasteiger partial charge >= 0.3 is 5.97 Å². The lowest BCUT2D eigenvalue weighted by atomic mass is 10.2. The number of rotatable bonds is 6. The molecule has 0 aliphatic heterocycles. The lowest BCUT2D eigenvalue weighted by Crippen LogP contribution is -2.16. The molecule has 2 aromatic rings. The fourth-order valence-corrected chi connectivity index (χ4v) is 2.43. The smallest absolute Gasteiger partial charge is 0.344 e. The van der Waals surface area contributed by atoms with Crippen LogP contribution in [-0.2, 0) is 16.0 Å². The summed E-state index contributed by atoms with van der Waals surface area (Å²) in [7, 11) is 0. The molecule has 0 unspecified atom stereocenters. The largest absolute Gasteiger partial charge is 0.480 e. The van der Waals surface area contributed by atoms with Gasteiger partial charge in [0.25, 0.3) is 0 Å². The molecule has 0 N–H and O–H groups in total. The van der Waals surface area contributed by atoms with Crippen LogP contribution in [0.4, 0.5) is 0 Å². The number of benzene rings is 2. The van der Waals surface area contributed by atoms with Crippen LogP contribution in [0.5, 0.6) is 5.75 Å². The Morgan fingerprint density at radius 2 is 1.90 bits per heavy atom. The normalized spacial score (nSPS) is 10.2. The summed E-state index contributed by atoms with van der Waals surface area (Å²) in [6, 6.07) is 15.0. The zero-order valence-corrected chi connectivity index (χ0v) is 13.6. The second-order valence-electron chi connectivity index (χ2n) is 4.32. The summed E-state index contributed by atoms with van der Waals surface area (Å²) in [4.78, 5) is 11.6. The second-order valence-corrected chi connectivity index (χ2v) is 5.64. The standard InChI is InChI=1S/C16H14BrClO3/c17-13-6-7-15(14(18)10-13)21-11-16(19)20-9-8-12-4-2-1-3-5-12/h1-7,10H,8-9,11H2. The minimum absolute atomic E-state index is 0.157. The maximum atomic E-state index is 11.6. The van der Waals surface area contributed by atoms with Crippen molar-refractivity contribution in [2.24, 2.45) is 0 Å². The van der Waals surface area contributed by atoms with Crippen molar-refractivity contribution in [2.45, 2.75) is 6.42 Å². The summed E-state index contributed by atoms with van der Waals surface area (Å²) in [6.07, 6.45) is 0.686. The summed E-state index contributed by atoms with van der Waals surface area (Å²) in [5, 5.41) is 0.446. The maximum Gasteiger partial charge on any atom is 0.344 e. The van der Waals surface area contributed by atoms with E-state index >= 15 is 0 Å². The number of carbonyl (C=O) groups is 1. The van der Waals surface area contributed by atoms with E-state index in [1.165, 1.54) is 0 Å². The van der Waals surface area contributed by atoms with Crippen LogP contribution in [0, 0.1) is 0 Å². The van der Waals surface area contributed by atoms with Crippen LogP contribution >= 0.6 is 27.5 Å². The Morgan fingerprint density at radius 3 is 2.62 bits per heavy atom. The zero-order chi connectivity index (χ0) is 15.1. The topological polar surface area (TPSA) is 35.5 Å². The minimum Gasteiger partial charge on any atom is -0.480 e. The third kappa shape index (κ3) is 5.40. The summed E-state index contributed by atoms with van der Waals surface area (Å²) >= 11 is 9.29. The summed E-state index contributed by atoms with van der Waals surface area (Å²) in [6.45, 7) is 0.177. The molecule has 0 heterocycles. The molecule has 0 bridgehead atoms. The van der Waals surface area contributed by atoms with Crippen LogP contribution in [0.3, 0.4) is 0 Å². The monoisotopic (exact) mass is 368 g/mol. The number of hydrogen-bond acceptors (Lipinski definition) is 3. The van der Waals surface area contributed by atoms with Gasteiger partial charge in [0.05, 0.1) is 11.6 Å². The Morgan fingerprint density at radius 1 is 1.14 bits per heavy atom. The van der Waals surface area contributed by atoms with Gasteiger partial charge in [-0.25, -0.2) is 4.79 Å².